The summed E-state index contributed by atoms with van der Waals surface area (Å²) in [5.41, 5.74) is 0. The van der Waals surface area contributed by atoms with Gasteiger partial charge in [0.1, 0.15) is 0 Å². The maximum Gasteiger partial charge on any atom is 0.0980 e. The van der Waals surface area contributed by atoms with Crippen molar-refractivity contribution in [1.29, 1.82) is 5.26 Å². The minimum absolute atomic E-state index is 0.219. The van der Waals surface area contributed by atoms with Gasteiger partial charge in [-0.05, 0) is 57.4 Å². The molecule has 16 heavy (non-hydrogen) atoms. The van der Waals surface area contributed by atoms with E-state index in [1.54, 1.807) is 0 Å². The number of likely N-dealkylation sites (tertiary alicyclic amines) is 1. The molecular weight excluding hydrogens is 196 g/mol. The van der Waals surface area contributed by atoms with Crippen LogP contribution in [-0.4, -0.2) is 23.5 Å². The standard InChI is InChI=1S/C14H24N2/c1-2-12-6-8-13(9-7-12)16-10-4-3-5-14(16)11-15/h12-14H,2-10H2,1H3. The highest BCUT2D eigenvalue weighted by Crippen LogP contribution is 2.32. The van der Waals surface area contributed by atoms with Crippen molar-refractivity contribution >= 4 is 0 Å². The van der Waals surface area contributed by atoms with E-state index in [2.05, 4.69) is 17.9 Å². The van der Waals surface area contributed by atoms with E-state index in [0.717, 1.165) is 12.3 Å². The summed E-state index contributed by atoms with van der Waals surface area (Å²) in [5.74, 6) is 0.960. The van der Waals surface area contributed by atoms with Crippen LogP contribution in [-0.2, 0) is 0 Å². The summed E-state index contributed by atoms with van der Waals surface area (Å²) in [6.07, 6.45) is 10.4. The number of piperidine rings is 1. The zero-order valence-corrected chi connectivity index (χ0v) is 10.5. The Bertz CT molecular complexity index is 248. The molecule has 0 spiro atoms. The molecule has 90 valence electrons. The van der Waals surface area contributed by atoms with Crippen molar-refractivity contribution in [1.82, 2.24) is 4.90 Å². The van der Waals surface area contributed by atoms with Gasteiger partial charge in [0.15, 0.2) is 0 Å². The fraction of sp³-hybridized carbons (Fsp3) is 0.929. The molecule has 0 aromatic rings. The summed E-state index contributed by atoms with van der Waals surface area (Å²) in [5, 5.41) is 9.20. The monoisotopic (exact) mass is 220 g/mol. The van der Waals surface area contributed by atoms with Crippen molar-refractivity contribution in [3.63, 3.8) is 0 Å². The van der Waals surface area contributed by atoms with E-state index in [4.69, 9.17) is 0 Å². The van der Waals surface area contributed by atoms with Gasteiger partial charge in [-0.2, -0.15) is 5.26 Å². The van der Waals surface area contributed by atoms with Crippen molar-refractivity contribution in [2.45, 2.75) is 70.4 Å². The second-order valence-corrected chi connectivity index (χ2v) is 5.46. The lowest BCUT2D eigenvalue weighted by molar-refractivity contribution is 0.0860. The molecule has 1 aliphatic carbocycles. The van der Waals surface area contributed by atoms with Gasteiger partial charge in [0.05, 0.1) is 12.1 Å². The molecule has 0 amide bonds. The summed E-state index contributed by atoms with van der Waals surface area (Å²) in [6.45, 7) is 3.48. The molecule has 1 saturated heterocycles. The summed E-state index contributed by atoms with van der Waals surface area (Å²) >= 11 is 0. The van der Waals surface area contributed by atoms with E-state index >= 15 is 0 Å². The van der Waals surface area contributed by atoms with E-state index < -0.39 is 0 Å². The molecule has 2 aliphatic rings. The van der Waals surface area contributed by atoms with E-state index in [1.165, 1.54) is 51.5 Å². The minimum Gasteiger partial charge on any atom is -0.285 e. The van der Waals surface area contributed by atoms with Gasteiger partial charge < -0.3 is 0 Å². The third-order valence-electron chi connectivity index (χ3n) is 4.56. The molecular formula is C14H24N2. The third-order valence-corrected chi connectivity index (χ3v) is 4.56. The first-order valence-corrected chi connectivity index (χ1v) is 7.00. The number of nitriles is 1. The Morgan fingerprint density at radius 2 is 1.88 bits per heavy atom. The van der Waals surface area contributed by atoms with Gasteiger partial charge in [0, 0.05) is 6.04 Å². The molecule has 1 aliphatic heterocycles. The van der Waals surface area contributed by atoms with Crippen LogP contribution in [0.25, 0.3) is 0 Å². The van der Waals surface area contributed by atoms with Crippen LogP contribution in [0.1, 0.15) is 58.3 Å². The van der Waals surface area contributed by atoms with Crippen LogP contribution in [0.3, 0.4) is 0 Å². The van der Waals surface area contributed by atoms with Crippen LogP contribution in [0.15, 0.2) is 0 Å². The van der Waals surface area contributed by atoms with Crippen LogP contribution in [0.2, 0.25) is 0 Å². The fourth-order valence-corrected chi connectivity index (χ4v) is 3.41. The molecule has 0 bridgehead atoms. The van der Waals surface area contributed by atoms with Crippen molar-refractivity contribution in [2.24, 2.45) is 5.92 Å². The zero-order valence-electron chi connectivity index (χ0n) is 10.5. The number of nitrogens with zero attached hydrogens (tertiary/aromatic N) is 2. The molecule has 1 heterocycles. The highest BCUT2D eigenvalue weighted by Gasteiger charge is 2.31. The van der Waals surface area contributed by atoms with Gasteiger partial charge in [-0.25, -0.2) is 0 Å². The van der Waals surface area contributed by atoms with Gasteiger partial charge in [-0.1, -0.05) is 13.3 Å². The second kappa shape index (κ2) is 5.68. The average Bonchev–Trinajstić information content (AvgIpc) is 2.39. The van der Waals surface area contributed by atoms with E-state index in [-0.39, 0.29) is 6.04 Å². The van der Waals surface area contributed by atoms with E-state index in [1.807, 2.05) is 0 Å². The first-order valence-electron chi connectivity index (χ1n) is 7.00. The van der Waals surface area contributed by atoms with Gasteiger partial charge in [0.25, 0.3) is 0 Å². The summed E-state index contributed by atoms with van der Waals surface area (Å²) < 4.78 is 0. The van der Waals surface area contributed by atoms with E-state index in [0.29, 0.717) is 6.04 Å². The Morgan fingerprint density at radius 1 is 1.12 bits per heavy atom. The first kappa shape index (κ1) is 11.9. The van der Waals surface area contributed by atoms with Crippen LogP contribution < -0.4 is 0 Å². The lowest BCUT2D eigenvalue weighted by atomic mass is 9.82. The Kier molecular flexibility index (Phi) is 4.23. The lowest BCUT2D eigenvalue weighted by Gasteiger charge is -2.41. The van der Waals surface area contributed by atoms with Crippen molar-refractivity contribution in [3.05, 3.63) is 0 Å². The van der Waals surface area contributed by atoms with Gasteiger partial charge in [-0.15, -0.1) is 0 Å². The van der Waals surface area contributed by atoms with Crippen LogP contribution in [0.4, 0.5) is 0 Å². The fourth-order valence-electron chi connectivity index (χ4n) is 3.41. The van der Waals surface area contributed by atoms with Gasteiger partial charge in [-0.3, -0.25) is 4.90 Å². The molecule has 2 rings (SSSR count). The van der Waals surface area contributed by atoms with E-state index in [9.17, 15) is 5.26 Å². The zero-order chi connectivity index (χ0) is 11.4. The summed E-state index contributed by atoms with van der Waals surface area (Å²) in [7, 11) is 0. The van der Waals surface area contributed by atoms with Crippen LogP contribution >= 0.6 is 0 Å². The smallest absolute Gasteiger partial charge is 0.0980 e. The molecule has 1 saturated carbocycles. The van der Waals surface area contributed by atoms with Gasteiger partial charge >= 0.3 is 0 Å². The largest absolute Gasteiger partial charge is 0.285 e. The molecule has 1 atom stereocenters. The lowest BCUT2D eigenvalue weighted by Crippen LogP contribution is -2.47. The second-order valence-electron chi connectivity index (χ2n) is 5.46. The van der Waals surface area contributed by atoms with Crippen molar-refractivity contribution in [2.75, 3.05) is 6.54 Å². The molecule has 0 aromatic heterocycles. The van der Waals surface area contributed by atoms with Crippen molar-refractivity contribution in [3.8, 4) is 6.07 Å². The number of rotatable bonds is 2. The Labute approximate surface area is 99.6 Å². The molecule has 1 unspecified atom stereocenters. The maximum absolute atomic E-state index is 9.20. The van der Waals surface area contributed by atoms with Crippen LogP contribution in [0.5, 0.6) is 0 Å². The molecule has 0 N–H and O–H groups in total. The predicted octanol–water partition coefficient (Wildman–Crippen LogP) is 3.33. The quantitative estimate of drug-likeness (QED) is 0.713. The van der Waals surface area contributed by atoms with Crippen LogP contribution in [0, 0.1) is 17.2 Å². The average molecular weight is 220 g/mol. The Hall–Kier alpha value is -0.550. The van der Waals surface area contributed by atoms with Gasteiger partial charge in [0.2, 0.25) is 0 Å². The third kappa shape index (κ3) is 2.58. The summed E-state index contributed by atoms with van der Waals surface area (Å²) in [6, 6.07) is 3.44. The molecule has 0 aromatic carbocycles. The highest BCUT2D eigenvalue weighted by atomic mass is 15.2. The molecule has 2 fully saturated rings. The number of hydrogen-bond acceptors (Lipinski definition) is 2. The highest BCUT2D eigenvalue weighted by molar-refractivity contribution is 4.97. The minimum atomic E-state index is 0.219. The summed E-state index contributed by atoms with van der Waals surface area (Å²) in [4.78, 5) is 2.51. The predicted molar refractivity (Wildman–Crippen MR) is 66.0 cm³/mol. The Morgan fingerprint density at radius 3 is 2.50 bits per heavy atom. The first-order chi connectivity index (χ1) is 7.85. The molecule has 2 nitrogen and oxygen atoms in total. The molecule has 2 heteroatoms. The normalized spacial score (nSPS) is 36.9. The molecule has 0 radical (unpaired) electrons. The SMILES string of the molecule is CCC1CCC(N2CCCCC2C#N)CC1. The maximum atomic E-state index is 9.20. The topological polar surface area (TPSA) is 27.0 Å². The van der Waals surface area contributed by atoms with Crippen molar-refractivity contribution < 1.29 is 0 Å². The number of hydrogen-bond donors (Lipinski definition) is 0. The Balaban J connectivity index is 1.89.